The largest absolute Gasteiger partial charge is 0.373 e. The monoisotopic (exact) mass is 205 g/mol. The summed E-state index contributed by atoms with van der Waals surface area (Å²) in [4.78, 5) is 3.31. The Labute approximate surface area is 88.5 Å². The molecule has 1 aliphatic heterocycles. The molecule has 2 atom stereocenters. The van der Waals surface area contributed by atoms with Crippen LogP contribution in [0.3, 0.4) is 0 Å². The number of rotatable bonds is 1. The van der Waals surface area contributed by atoms with Gasteiger partial charge in [0.2, 0.25) is 0 Å². The number of benzene rings is 1. The van der Waals surface area contributed by atoms with Crippen molar-refractivity contribution in [1.29, 1.82) is 0 Å². The molecule has 1 fully saturated rings. The summed E-state index contributed by atoms with van der Waals surface area (Å²) in [6, 6.07) is 7.17. The SMILES string of the molecule is [C-]#[N+]c1ccc([C@H]2C[C@@H](F)CCO2)cc1. The summed E-state index contributed by atoms with van der Waals surface area (Å²) in [6.07, 6.45) is 0.0198. The van der Waals surface area contributed by atoms with Gasteiger partial charge in [-0.2, -0.15) is 0 Å². The van der Waals surface area contributed by atoms with E-state index in [1.54, 1.807) is 12.1 Å². The average molecular weight is 205 g/mol. The molecule has 0 aliphatic carbocycles. The Balaban J connectivity index is 2.12. The zero-order valence-corrected chi connectivity index (χ0v) is 8.32. The van der Waals surface area contributed by atoms with Gasteiger partial charge >= 0.3 is 0 Å². The van der Waals surface area contributed by atoms with E-state index < -0.39 is 6.17 Å². The first-order valence-corrected chi connectivity index (χ1v) is 5.02. The number of hydrogen-bond donors (Lipinski definition) is 0. The van der Waals surface area contributed by atoms with Gasteiger partial charge in [-0.15, -0.1) is 0 Å². The molecule has 15 heavy (non-hydrogen) atoms. The van der Waals surface area contributed by atoms with E-state index in [1.807, 2.05) is 12.1 Å². The van der Waals surface area contributed by atoms with Crippen molar-refractivity contribution in [3.8, 4) is 0 Å². The summed E-state index contributed by atoms with van der Waals surface area (Å²) in [5, 5.41) is 0. The molecular formula is C12H12FNO. The van der Waals surface area contributed by atoms with Crippen LogP contribution in [0.2, 0.25) is 0 Å². The van der Waals surface area contributed by atoms with Gasteiger partial charge in [0.05, 0.1) is 19.3 Å². The van der Waals surface area contributed by atoms with Gasteiger partial charge in [0.15, 0.2) is 5.69 Å². The molecule has 0 bridgehead atoms. The number of alkyl halides is 1. The fourth-order valence-corrected chi connectivity index (χ4v) is 1.75. The molecule has 0 unspecified atom stereocenters. The van der Waals surface area contributed by atoms with E-state index >= 15 is 0 Å². The summed E-state index contributed by atoms with van der Waals surface area (Å²) in [6.45, 7) is 7.31. The molecule has 0 amide bonds. The van der Waals surface area contributed by atoms with Crippen LogP contribution in [0.1, 0.15) is 24.5 Å². The number of hydrogen-bond acceptors (Lipinski definition) is 1. The third-order valence-electron chi connectivity index (χ3n) is 2.61. The first-order valence-electron chi connectivity index (χ1n) is 5.02. The van der Waals surface area contributed by atoms with E-state index in [2.05, 4.69) is 4.85 Å². The van der Waals surface area contributed by atoms with Crippen molar-refractivity contribution in [2.24, 2.45) is 0 Å². The molecule has 1 aromatic carbocycles. The summed E-state index contributed by atoms with van der Waals surface area (Å²) in [5.74, 6) is 0. The lowest BCUT2D eigenvalue weighted by molar-refractivity contribution is -0.0193. The van der Waals surface area contributed by atoms with Gasteiger partial charge in [-0.1, -0.05) is 24.3 Å². The molecule has 0 spiro atoms. The molecule has 3 heteroatoms. The zero-order valence-electron chi connectivity index (χ0n) is 8.32. The van der Waals surface area contributed by atoms with Gasteiger partial charge in [-0.05, 0) is 5.56 Å². The van der Waals surface area contributed by atoms with E-state index in [9.17, 15) is 4.39 Å². The molecule has 0 aromatic heterocycles. The Hall–Kier alpha value is -1.40. The van der Waals surface area contributed by atoms with E-state index in [4.69, 9.17) is 11.3 Å². The lowest BCUT2D eigenvalue weighted by atomic mass is 10.00. The van der Waals surface area contributed by atoms with E-state index in [1.165, 1.54) is 0 Å². The van der Waals surface area contributed by atoms with Crippen molar-refractivity contribution >= 4 is 5.69 Å². The van der Waals surface area contributed by atoms with Crippen LogP contribution >= 0.6 is 0 Å². The third-order valence-corrected chi connectivity index (χ3v) is 2.61. The van der Waals surface area contributed by atoms with Gasteiger partial charge < -0.3 is 4.74 Å². The zero-order chi connectivity index (χ0) is 10.7. The second kappa shape index (κ2) is 4.41. The molecule has 1 heterocycles. The Kier molecular flexibility index (Phi) is 2.98. The van der Waals surface area contributed by atoms with Crippen LogP contribution in [0.5, 0.6) is 0 Å². The van der Waals surface area contributed by atoms with Crippen LogP contribution in [0.15, 0.2) is 24.3 Å². The minimum absolute atomic E-state index is 0.145. The third kappa shape index (κ3) is 2.34. The van der Waals surface area contributed by atoms with Crippen molar-refractivity contribution in [3.05, 3.63) is 41.2 Å². The second-order valence-corrected chi connectivity index (χ2v) is 3.68. The van der Waals surface area contributed by atoms with Gasteiger partial charge in [0.25, 0.3) is 0 Å². The molecular weight excluding hydrogens is 193 g/mol. The van der Waals surface area contributed by atoms with Gasteiger partial charge in [0.1, 0.15) is 6.17 Å². The maximum absolute atomic E-state index is 13.1. The highest BCUT2D eigenvalue weighted by Gasteiger charge is 2.23. The standard InChI is InChI=1S/C12H12FNO/c1-14-11-4-2-9(3-5-11)12-8-10(13)6-7-15-12/h2-5,10,12H,6-8H2/t10-,12+/m0/s1. The fourth-order valence-electron chi connectivity index (χ4n) is 1.75. The molecule has 0 N–H and O–H groups in total. The van der Waals surface area contributed by atoms with Crippen LogP contribution in [-0.2, 0) is 4.74 Å². The Bertz CT molecular complexity index is 368. The highest BCUT2D eigenvalue weighted by Crippen LogP contribution is 2.30. The predicted molar refractivity (Wildman–Crippen MR) is 55.5 cm³/mol. The second-order valence-electron chi connectivity index (χ2n) is 3.68. The highest BCUT2D eigenvalue weighted by molar-refractivity contribution is 5.45. The summed E-state index contributed by atoms with van der Waals surface area (Å²) in [5.41, 5.74) is 1.57. The smallest absolute Gasteiger partial charge is 0.187 e. The minimum Gasteiger partial charge on any atom is -0.373 e. The van der Waals surface area contributed by atoms with Crippen LogP contribution < -0.4 is 0 Å². The molecule has 2 rings (SSSR count). The Morgan fingerprint density at radius 2 is 2.07 bits per heavy atom. The molecule has 1 aliphatic rings. The summed E-state index contributed by atoms with van der Waals surface area (Å²) >= 11 is 0. The fraction of sp³-hybridized carbons (Fsp3) is 0.417. The first kappa shape index (κ1) is 10.1. The van der Waals surface area contributed by atoms with Crippen molar-refractivity contribution in [2.75, 3.05) is 6.61 Å². The summed E-state index contributed by atoms with van der Waals surface area (Å²) in [7, 11) is 0. The van der Waals surface area contributed by atoms with Crippen LogP contribution in [-0.4, -0.2) is 12.8 Å². The molecule has 0 radical (unpaired) electrons. The summed E-state index contributed by atoms with van der Waals surface area (Å²) < 4.78 is 18.6. The van der Waals surface area contributed by atoms with E-state index in [0.717, 1.165) is 5.56 Å². The normalized spacial score (nSPS) is 25.9. The van der Waals surface area contributed by atoms with Crippen molar-refractivity contribution < 1.29 is 9.13 Å². The van der Waals surface area contributed by atoms with Gasteiger partial charge in [-0.25, -0.2) is 9.24 Å². The minimum atomic E-state index is -0.760. The number of halogens is 1. The van der Waals surface area contributed by atoms with Gasteiger partial charge in [0, 0.05) is 12.8 Å². The molecule has 1 saturated heterocycles. The number of nitrogens with zero attached hydrogens (tertiary/aromatic N) is 1. The molecule has 0 saturated carbocycles. The maximum Gasteiger partial charge on any atom is 0.187 e. The topological polar surface area (TPSA) is 13.6 Å². The van der Waals surface area contributed by atoms with E-state index in [0.29, 0.717) is 25.1 Å². The lowest BCUT2D eigenvalue weighted by Gasteiger charge is -2.25. The molecule has 1 aromatic rings. The van der Waals surface area contributed by atoms with Gasteiger partial charge in [-0.3, -0.25) is 0 Å². The van der Waals surface area contributed by atoms with E-state index in [-0.39, 0.29) is 6.10 Å². The quantitative estimate of drug-likeness (QED) is 0.640. The molecule has 2 nitrogen and oxygen atoms in total. The highest BCUT2D eigenvalue weighted by atomic mass is 19.1. The average Bonchev–Trinajstić information content (AvgIpc) is 2.29. The van der Waals surface area contributed by atoms with Crippen molar-refractivity contribution in [3.63, 3.8) is 0 Å². The lowest BCUT2D eigenvalue weighted by Crippen LogP contribution is -2.20. The maximum atomic E-state index is 13.1. The molecule has 78 valence electrons. The van der Waals surface area contributed by atoms with Crippen LogP contribution in [0.4, 0.5) is 10.1 Å². The predicted octanol–water partition coefficient (Wildman–Crippen LogP) is 3.43. The Morgan fingerprint density at radius 1 is 1.33 bits per heavy atom. The van der Waals surface area contributed by atoms with Crippen molar-refractivity contribution in [2.45, 2.75) is 25.1 Å². The first-order chi connectivity index (χ1) is 7.29. The number of ether oxygens (including phenoxy) is 1. The van der Waals surface area contributed by atoms with Crippen LogP contribution in [0, 0.1) is 6.57 Å². The Morgan fingerprint density at radius 3 is 2.67 bits per heavy atom. The van der Waals surface area contributed by atoms with Crippen molar-refractivity contribution in [1.82, 2.24) is 0 Å². The van der Waals surface area contributed by atoms with Crippen LogP contribution in [0.25, 0.3) is 4.85 Å².